The molecule has 2 nitrogen and oxygen atoms in total. The standard InChI is InChI=1S/C17H29NO/c1-7-18-15(12-17(4,5)19-6)11-16-13(2)9-8-10-14(16)3/h8-10,15,18H,7,11-12H2,1-6H3. The van der Waals surface area contributed by atoms with Gasteiger partial charge >= 0.3 is 0 Å². The Bertz CT molecular complexity index is 378. The Kier molecular flexibility index (Phi) is 6.02. The van der Waals surface area contributed by atoms with Gasteiger partial charge in [0.15, 0.2) is 0 Å². The topological polar surface area (TPSA) is 21.3 Å². The Morgan fingerprint density at radius 2 is 1.79 bits per heavy atom. The van der Waals surface area contributed by atoms with E-state index in [1.807, 2.05) is 0 Å². The minimum Gasteiger partial charge on any atom is -0.379 e. The third-order valence-electron chi connectivity index (χ3n) is 3.88. The summed E-state index contributed by atoms with van der Waals surface area (Å²) in [5.74, 6) is 0. The SMILES string of the molecule is CCNC(Cc1c(C)cccc1C)CC(C)(C)OC. The van der Waals surface area contributed by atoms with E-state index in [0.29, 0.717) is 6.04 Å². The van der Waals surface area contributed by atoms with Crippen molar-refractivity contribution in [1.82, 2.24) is 5.32 Å². The van der Waals surface area contributed by atoms with Crippen LogP contribution in [0.1, 0.15) is 43.9 Å². The van der Waals surface area contributed by atoms with Gasteiger partial charge in [0.25, 0.3) is 0 Å². The lowest BCUT2D eigenvalue weighted by Gasteiger charge is -2.30. The van der Waals surface area contributed by atoms with Gasteiger partial charge in [-0.05, 0) is 63.8 Å². The summed E-state index contributed by atoms with van der Waals surface area (Å²) < 4.78 is 5.57. The summed E-state index contributed by atoms with van der Waals surface area (Å²) in [4.78, 5) is 0. The van der Waals surface area contributed by atoms with Crippen molar-refractivity contribution >= 4 is 0 Å². The zero-order valence-electron chi connectivity index (χ0n) is 13.3. The Morgan fingerprint density at radius 3 is 2.26 bits per heavy atom. The number of likely N-dealkylation sites (N-methyl/N-ethyl adjacent to an activating group) is 1. The van der Waals surface area contributed by atoms with Crippen molar-refractivity contribution in [1.29, 1.82) is 0 Å². The molecule has 19 heavy (non-hydrogen) atoms. The second-order valence-corrected chi connectivity index (χ2v) is 6.00. The van der Waals surface area contributed by atoms with Crippen LogP contribution >= 0.6 is 0 Å². The fraction of sp³-hybridized carbons (Fsp3) is 0.647. The summed E-state index contributed by atoms with van der Waals surface area (Å²) in [6, 6.07) is 6.99. The first-order valence-corrected chi connectivity index (χ1v) is 7.23. The molecule has 0 heterocycles. The highest BCUT2D eigenvalue weighted by atomic mass is 16.5. The average molecular weight is 263 g/mol. The van der Waals surface area contributed by atoms with E-state index >= 15 is 0 Å². The largest absolute Gasteiger partial charge is 0.379 e. The first-order valence-electron chi connectivity index (χ1n) is 7.23. The van der Waals surface area contributed by atoms with Crippen LogP contribution in [0.15, 0.2) is 18.2 Å². The van der Waals surface area contributed by atoms with Gasteiger partial charge in [-0.15, -0.1) is 0 Å². The van der Waals surface area contributed by atoms with Crippen molar-refractivity contribution < 1.29 is 4.74 Å². The highest BCUT2D eigenvalue weighted by Crippen LogP contribution is 2.21. The normalized spacial score (nSPS) is 13.6. The number of hydrogen-bond acceptors (Lipinski definition) is 2. The maximum atomic E-state index is 5.57. The molecule has 0 saturated carbocycles. The maximum Gasteiger partial charge on any atom is 0.0637 e. The van der Waals surface area contributed by atoms with Crippen LogP contribution in [-0.4, -0.2) is 25.3 Å². The molecule has 1 rings (SSSR count). The molecule has 0 aromatic heterocycles. The average Bonchev–Trinajstić information content (AvgIpc) is 2.34. The molecule has 0 bridgehead atoms. The van der Waals surface area contributed by atoms with Crippen LogP contribution < -0.4 is 5.32 Å². The summed E-state index contributed by atoms with van der Waals surface area (Å²) >= 11 is 0. The molecule has 0 amide bonds. The number of ether oxygens (including phenoxy) is 1. The Hall–Kier alpha value is -0.860. The van der Waals surface area contributed by atoms with E-state index < -0.39 is 0 Å². The summed E-state index contributed by atoms with van der Waals surface area (Å²) in [5.41, 5.74) is 4.17. The minimum absolute atomic E-state index is 0.0799. The van der Waals surface area contributed by atoms with Crippen molar-refractivity contribution in [3.05, 3.63) is 34.9 Å². The zero-order valence-corrected chi connectivity index (χ0v) is 13.3. The van der Waals surface area contributed by atoms with Gasteiger partial charge in [0.05, 0.1) is 5.60 Å². The second-order valence-electron chi connectivity index (χ2n) is 6.00. The smallest absolute Gasteiger partial charge is 0.0637 e. The number of methoxy groups -OCH3 is 1. The van der Waals surface area contributed by atoms with Crippen LogP contribution in [0, 0.1) is 13.8 Å². The summed E-state index contributed by atoms with van der Waals surface area (Å²) in [5, 5.41) is 3.60. The van der Waals surface area contributed by atoms with Crippen LogP contribution in [-0.2, 0) is 11.2 Å². The van der Waals surface area contributed by atoms with Gasteiger partial charge in [0, 0.05) is 13.2 Å². The van der Waals surface area contributed by atoms with Crippen molar-refractivity contribution in [3.8, 4) is 0 Å². The number of hydrogen-bond donors (Lipinski definition) is 1. The quantitative estimate of drug-likeness (QED) is 0.811. The van der Waals surface area contributed by atoms with Crippen molar-refractivity contribution in [3.63, 3.8) is 0 Å². The molecular formula is C17H29NO. The maximum absolute atomic E-state index is 5.57. The Labute approximate surface area is 118 Å². The molecule has 2 heteroatoms. The molecule has 0 aliphatic heterocycles. The third-order valence-corrected chi connectivity index (χ3v) is 3.88. The van der Waals surface area contributed by atoms with Gasteiger partial charge in [-0.3, -0.25) is 0 Å². The van der Waals surface area contributed by atoms with Gasteiger partial charge in [-0.25, -0.2) is 0 Å². The first kappa shape index (κ1) is 16.2. The van der Waals surface area contributed by atoms with E-state index in [9.17, 15) is 0 Å². The summed E-state index contributed by atoms with van der Waals surface area (Å²) in [7, 11) is 1.79. The van der Waals surface area contributed by atoms with Gasteiger partial charge < -0.3 is 10.1 Å². The summed E-state index contributed by atoms with van der Waals surface area (Å²) in [6.45, 7) is 11.9. The van der Waals surface area contributed by atoms with Gasteiger partial charge in [-0.1, -0.05) is 25.1 Å². The summed E-state index contributed by atoms with van der Waals surface area (Å²) in [6.07, 6.45) is 2.09. The molecule has 0 fully saturated rings. The van der Waals surface area contributed by atoms with Crippen molar-refractivity contribution in [2.75, 3.05) is 13.7 Å². The highest BCUT2D eigenvalue weighted by Gasteiger charge is 2.23. The molecule has 1 aromatic carbocycles. The molecule has 0 aliphatic carbocycles. The number of benzene rings is 1. The van der Waals surface area contributed by atoms with Gasteiger partial charge in [-0.2, -0.15) is 0 Å². The molecule has 0 radical (unpaired) electrons. The first-order chi connectivity index (χ1) is 8.89. The molecule has 1 N–H and O–H groups in total. The van der Waals surface area contributed by atoms with E-state index in [1.54, 1.807) is 7.11 Å². The van der Waals surface area contributed by atoms with E-state index in [0.717, 1.165) is 19.4 Å². The fourth-order valence-corrected chi connectivity index (χ4v) is 2.60. The monoisotopic (exact) mass is 263 g/mol. The molecule has 1 unspecified atom stereocenters. The zero-order chi connectivity index (χ0) is 14.5. The molecule has 1 aromatic rings. The lowest BCUT2D eigenvalue weighted by atomic mass is 9.90. The van der Waals surface area contributed by atoms with Gasteiger partial charge in [0.2, 0.25) is 0 Å². The predicted molar refractivity (Wildman–Crippen MR) is 82.8 cm³/mol. The van der Waals surface area contributed by atoms with E-state index in [4.69, 9.17) is 4.74 Å². The van der Waals surface area contributed by atoms with E-state index in [1.165, 1.54) is 16.7 Å². The number of aryl methyl sites for hydroxylation is 2. The van der Waals surface area contributed by atoms with E-state index in [-0.39, 0.29) is 5.60 Å². The van der Waals surface area contributed by atoms with Gasteiger partial charge in [0.1, 0.15) is 0 Å². The molecule has 1 atom stereocenters. The molecule has 0 aliphatic rings. The molecule has 0 spiro atoms. The van der Waals surface area contributed by atoms with Crippen LogP contribution in [0.25, 0.3) is 0 Å². The fourth-order valence-electron chi connectivity index (χ4n) is 2.60. The highest BCUT2D eigenvalue weighted by molar-refractivity contribution is 5.34. The van der Waals surface area contributed by atoms with Crippen LogP contribution in [0.2, 0.25) is 0 Å². The third kappa shape index (κ3) is 4.96. The Balaban J connectivity index is 2.84. The lowest BCUT2D eigenvalue weighted by Crippen LogP contribution is -2.39. The van der Waals surface area contributed by atoms with Crippen molar-refractivity contribution in [2.45, 2.75) is 59.1 Å². The lowest BCUT2D eigenvalue weighted by molar-refractivity contribution is 0.00724. The van der Waals surface area contributed by atoms with E-state index in [2.05, 4.69) is 58.1 Å². The molecule has 0 saturated heterocycles. The Morgan fingerprint density at radius 1 is 1.21 bits per heavy atom. The van der Waals surface area contributed by atoms with Crippen LogP contribution in [0.4, 0.5) is 0 Å². The van der Waals surface area contributed by atoms with Crippen LogP contribution in [0.5, 0.6) is 0 Å². The van der Waals surface area contributed by atoms with Crippen molar-refractivity contribution in [2.24, 2.45) is 0 Å². The minimum atomic E-state index is -0.0799. The predicted octanol–water partition coefficient (Wildman–Crippen LogP) is 3.64. The molecular weight excluding hydrogens is 234 g/mol. The molecule has 108 valence electrons. The number of nitrogens with one attached hydrogen (secondary N) is 1. The van der Waals surface area contributed by atoms with Crippen LogP contribution in [0.3, 0.4) is 0 Å². The number of rotatable bonds is 7. The second kappa shape index (κ2) is 7.06.